The molecule has 0 atom stereocenters. The summed E-state index contributed by atoms with van der Waals surface area (Å²) in [6.45, 7) is 2.10. The van der Waals surface area contributed by atoms with Crippen molar-refractivity contribution in [1.82, 2.24) is 4.57 Å². The highest BCUT2D eigenvalue weighted by Gasteiger charge is 2.20. The number of hydrogen-bond donors (Lipinski definition) is 0. The van der Waals surface area contributed by atoms with Crippen LogP contribution >= 0.6 is 0 Å². The minimum Gasteiger partial charge on any atom is -0.465 e. The van der Waals surface area contributed by atoms with Crippen LogP contribution in [0.5, 0.6) is 0 Å². The van der Waals surface area contributed by atoms with E-state index in [9.17, 15) is 14.4 Å². The van der Waals surface area contributed by atoms with Gasteiger partial charge in [-0.05, 0) is 18.6 Å². The van der Waals surface area contributed by atoms with Gasteiger partial charge in [0.1, 0.15) is 0 Å². The number of pyridine rings is 1. The highest BCUT2D eigenvalue weighted by atomic mass is 16.5. The molecule has 5 heteroatoms. The first-order chi connectivity index (χ1) is 12.1. The van der Waals surface area contributed by atoms with Gasteiger partial charge in [0, 0.05) is 29.9 Å². The van der Waals surface area contributed by atoms with Crippen molar-refractivity contribution in [3.8, 4) is 5.69 Å². The lowest BCUT2D eigenvalue weighted by atomic mass is 10.0. The van der Waals surface area contributed by atoms with Crippen LogP contribution in [0.15, 0.2) is 47.4 Å². The van der Waals surface area contributed by atoms with E-state index in [1.807, 2.05) is 18.2 Å². The quantitative estimate of drug-likeness (QED) is 0.416. The molecular formula is C20H23NO4. The van der Waals surface area contributed by atoms with Gasteiger partial charge in [0.15, 0.2) is 5.78 Å². The average Bonchev–Trinajstić information content (AvgIpc) is 2.64. The fraction of sp³-hybridized carbons (Fsp3) is 0.350. The monoisotopic (exact) mass is 341 g/mol. The van der Waals surface area contributed by atoms with Gasteiger partial charge >= 0.3 is 5.97 Å². The topological polar surface area (TPSA) is 65.4 Å². The number of benzene rings is 1. The molecule has 0 N–H and O–H groups in total. The molecule has 1 aromatic heterocycles. The number of esters is 1. The summed E-state index contributed by atoms with van der Waals surface area (Å²) in [6.07, 6.45) is 5.68. The van der Waals surface area contributed by atoms with Crippen molar-refractivity contribution in [3.05, 3.63) is 64.1 Å². The number of para-hydroxylation sites is 1. The van der Waals surface area contributed by atoms with Crippen LogP contribution in [-0.2, 0) is 4.74 Å². The lowest BCUT2D eigenvalue weighted by Gasteiger charge is -2.11. The summed E-state index contributed by atoms with van der Waals surface area (Å²) in [5, 5.41) is 0. The van der Waals surface area contributed by atoms with Crippen molar-refractivity contribution in [3.63, 3.8) is 0 Å². The maximum atomic E-state index is 12.6. The molecule has 0 saturated carbocycles. The largest absolute Gasteiger partial charge is 0.465 e. The Balaban J connectivity index is 2.42. The standard InChI is InChI=1S/C20H23NO4/c1-3-4-5-9-12-18(22)17-14-21(15-10-7-6-8-11-15)19(23)13-16(17)20(24)25-2/h6-8,10-11,13-14H,3-5,9,12H2,1-2H3. The molecule has 0 bridgehead atoms. The summed E-state index contributed by atoms with van der Waals surface area (Å²) in [6, 6.07) is 10.2. The molecule has 0 fully saturated rings. The molecule has 132 valence electrons. The number of methoxy groups -OCH3 is 1. The van der Waals surface area contributed by atoms with Crippen molar-refractivity contribution in [2.24, 2.45) is 0 Å². The molecule has 5 nitrogen and oxygen atoms in total. The third-order valence-electron chi connectivity index (χ3n) is 4.05. The van der Waals surface area contributed by atoms with Crippen LogP contribution < -0.4 is 5.56 Å². The van der Waals surface area contributed by atoms with Gasteiger partial charge in [-0.25, -0.2) is 4.79 Å². The van der Waals surface area contributed by atoms with Gasteiger partial charge in [-0.2, -0.15) is 0 Å². The number of ketones is 1. The third kappa shape index (κ3) is 4.66. The van der Waals surface area contributed by atoms with Gasteiger partial charge in [-0.1, -0.05) is 44.4 Å². The molecule has 0 aliphatic heterocycles. The Hall–Kier alpha value is -2.69. The van der Waals surface area contributed by atoms with E-state index < -0.39 is 5.97 Å². The molecule has 2 aromatic rings. The van der Waals surface area contributed by atoms with E-state index in [1.165, 1.54) is 23.9 Å². The van der Waals surface area contributed by atoms with Gasteiger partial charge < -0.3 is 4.74 Å². The molecule has 0 spiro atoms. The van der Waals surface area contributed by atoms with Crippen molar-refractivity contribution in [2.75, 3.05) is 7.11 Å². The van der Waals surface area contributed by atoms with Crippen LogP contribution in [0.2, 0.25) is 0 Å². The molecule has 0 aliphatic rings. The second-order valence-electron chi connectivity index (χ2n) is 5.87. The fourth-order valence-electron chi connectivity index (χ4n) is 2.67. The Kier molecular flexibility index (Phi) is 6.69. The molecular weight excluding hydrogens is 318 g/mol. The Bertz CT molecular complexity index is 793. The molecule has 0 amide bonds. The van der Waals surface area contributed by atoms with E-state index in [1.54, 1.807) is 12.1 Å². The number of carbonyl (C=O) groups is 2. The maximum Gasteiger partial charge on any atom is 0.338 e. The van der Waals surface area contributed by atoms with E-state index in [0.717, 1.165) is 25.7 Å². The van der Waals surface area contributed by atoms with Crippen LogP contribution in [0.4, 0.5) is 0 Å². The summed E-state index contributed by atoms with van der Waals surface area (Å²) in [7, 11) is 1.24. The van der Waals surface area contributed by atoms with E-state index in [2.05, 4.69) is 6.92 Å². The first-order valence-corrected chi connectivity index (χ1v) is 8.52. The van der Waals surface area contributed by atoms with Crippen LogP contribution in [-0.4, -0.2) is 23.4 Å². The second kappa shape index (κ2) is 8.97. The minimum atomic E-state index is -0.672. The maximum absolute atomic E-state index is 12.6. The third-order valence-corrected chi connectivity index (χ3v) is 4.05. The van der Waals surface area contributed by atoms with Crippen LogP contribution in [0.25, 0.3) is 5.69 Å². The highest BCUT2D eigenvalue weighted by molar-refractivity contribution is 6.06. The summed E-state index contributed by atoms with van der Waals surface area (Å²) in [4.78, 5) is 37.0. The molecule has 2 rings (SSSR count). The number of Topliss-reactive ketones (excluding diaryl/α,β-unsaturated/α-hetero) is 1. The van der Waals surface area contributed by atoms with Crippen LogP contribution in [0, 0.1) is 0 Å². The Morgan fingerprint density at radius 1 is 1.04 bits per heavy atom. The Morgan fingerprint density at radius 3 is 2.40 bits per heavy atom. The second-order valence-corrected chi connectivity index (χ2v) is 5.87. The van der Waals surface area contributed by atoms with Gasteiger partial charge in [0.2, 0.25) is 0 Å². The molecule has 0 aliphatic carbocycles. The summed E-state index contributed by atoms with van der Waals surface area (Å²) < 4.78 is 6.11. The first-order valence-electron chi connectivity index (χ1n) is 8.52. The van der Waals surface area contributed by atoms with Crippen molar-refractivity contribution in [1.29, 1.82) is 0 Å². The van der Waals surface area contributed by atoms with E-state index in [0.29, 0.717) is 12.1 Å². The predicted molar refractivity (Wildman–Crippen MR) is 96.5 cm³/mol. The van der Waals surface area contributed by atoms with Gasteiger partial charge in [-0.15, -0.1) is 0 Å². The van der Waals surface area contributed by atoms with Gasteiger partial charge in [0.05, 0.1) is 12.7 Å². The number of carbonyl (C=O) groups excluding carboxylic acids is 2. The minimum absolute atomic E-state index is 0.0279. The molecule has 0 unspecified atom stereocenters. The van der Waals surface area contributed by atoms with Crippen molar-refractivity contribution in [2.45, 2.75) is 39.0 Å². The molecule has 25 heavy (non-hydrogen) atoms. The lowest BCUT2D eigenvalue weighted by Crippen LogP contribution is -2.23. The summed E-state index contributed by atoms with van der Waals surface area (Å²) in [5.74, 6) is -0.824. The number of rotatable bonds is 8. The first kappa shape index (κ1) is 18.6. The van der Waals surface area contributed by atoms with Crippen molar-refractivity contribution < 1.29 is 14.3 Å². The average molecular weight is 341 g/mol. The number of nitrogens with zero attached hydrogens (tertiary/aromatic N) is 1. The van der Waals surface area contributed by atoms with Crippen molar-refractivity contribution >= 4 is 11.8 Å². The Morgan fingerprint density at radius 2 is 1.76 bits per heavy atom. The smallest absolute Gasteiger partial charge is 0.338 e. The van der Waals surface area contributed by atoms with E-state index in [4.69, 9.17) is 4.74 Å². The molecule has 1 aromatic carbocycles. The number of hydrogen-bond acceptors (Lipinski definition) is 4. The lowest BCUT2D eigenvalue weighted by molar-refractivity contribution is 0.0596. The summed E-state index contributed by atoms with van der Waals surface area (Å²) in [5.41, 5.74) is 0.519. The predicted octanol–water partition coefficient (Wildman–Crippen LogP) is 3.78. The molecule has 0 radical (unpaired) electrons. The zero-order valence-corrected chi connectivity index (χ0v) is 14.7. The van der Waals surface area contributed by atoms with Gasteiger partial charge in [-0.3, -0.25) is 14.2 Å². The zero-order chi connectivity index (χ0) is 18.2. The molecule has 1 heterocycles. The van der Waals surface area contributed by atoms with Crippen LogP contribution in [0.1, 0.15) is 59.7 Å². The number of ether oxygens (including phenoxy) is 1. The number of unbranched alkanes of at least 4 members (excludes halogenated alkanes) is 3. The highest BCUT2D eigenvalue weighted by Crippen LogP contribution is 2.16. The summed E-state index contributed by atoms with van der Waals surface area (Å²) >= 11 is 0. The SMILES string of the molecule is CCCCCCC(=O)c1cn(-c2ccccc2)c(=O)cc1C(=O)OC. The fourth-order valence-corrected chi connectivity index (χ4v) is 2.67. The molecule has 0 saturated heterocycles. The Labute approximate surface area is 147 Å². The van der Waals surface area contributed by atoms with Gasteiger partial charge in [0.25, 0.3) is 5.56 Å². The zero-order valence-electron chi connectivity index (χ0n) is 14.7. The van der Waals surface area contributed by atoms with E-state index in [-0.39, 0.29) is 22.5 Å². The number of aromatic nitrogens is 1. The normalized spacial score (nSPS) is 10.5. The van der Waals surface area contributed by atoms with E-state index >= 15 is 0 Å². The van der Waals surface area contributed by atoms with Crippen LogP contribution in [0.3, 0.4) is 0 Å².